The molecule has 0 atom stereocenters. The second-order valence-corrected chi connectivity index (χ2v) is 11.6. The van der Waals surface area contributed by atoms with Gasteiger partial charge in [-0.3, -0.25) is 0 Å². The van der Waals surface area contributed by atoms with Crippen molar-refractivity contribution in [3.8, 4) is 11.5 Å². The molecule has 0 unspecified atom stereocenters. The largest absolute Gasteiger partial charge is 0.872 e. The molecule has 47 heavy (non-hydrogen) atoms. The van der Waals surface area contributed by atoms with E-state index in [0.717, 1.165) is 0 Å². The van der Waals surface area contributed by atoms with Crippen LogP contribution < -0.4 is 10.2 Å². The fourth-order valence-electron chi connectivity index (χ4n) is 6.06. The van der Waals surface area contributed by atoms with Crippen molar-refractivity contribution in [3.05, 3.63) is 107 Å². The van der Waals surface area contributed by atoms with Crippen molar-refractivity contribution in [1.82, 2.24) is 4.90 Å². The first-order valence-corrected chi connectivity index (χ1v) is 15.3. The van der Waals surface area contributed by atoms with E-state index in [1.807, 2.05) is 0 Å². The lowest BCUT2D eigenvalue weighted by Gasteiger charge is -2.24. The van der Waals surface area contributed by atoms with Crippen LogP contribution in [0.2, 0.25) is 0 Å². The predicted molar refractivity (Wildman–Crippen MR) is 180 cm³/mol. The van der Waals surface area contributed by atoms with E-state index >= 15 is 0 Å². The molecule has 10 heteroatoms. The number of carboxylic acids is 2. The van der Waals surface area contributed by atoms with Crippen LogP contribution in [0.15, 0.2) is 84.6 Å². The number of hydrogen-bond acceptors (Lipinski definition) is 5. The van der Waals surface area contributed by atoms with Gasteiger partial charge >= 0.3 is 11.9 Å². The average Bonchev–Trinajstić information content (AvgIpc) is 3.74. The molecule has 6 rings (SSSR count). The maximum atomic E-state index is 12.9. The normalized spacial score (nSPS) is 14.4. The molecule has 248 valence electrons. The molecular formula is C37H41N2O8-. The smallest absolute Gasteiger partial charge is 0.335 e. The van der Waals surface area contributed by atoms with Crippen molar-refractivity contribution in [2.45, 2.75) is 39.0 Å². The van der Waals surface area contributed by atoms with E-state index < -0.39 is 23.4 Å². The lowest BCUT2D eigenvalue weighted by atomic mass is 9.90. The summed E-state index contributed by atoms with van der Waals surface area (Å²) < 4.78 is 2.43. The second kappa shape index (κ2) is 16.4. The summed E-state index contributed by atoms with van der Waals surface area (Å²) in [6, 6.07) is 16.3. The highest BCUT2D eigenvalue weighted by Gasteiger charge is 2.17. The predicted octanol–water partition coefficient (Wildman–Crippen LogP) is 3.90. The van der Waals surface area contributed by atoms with Gasteiger partial charge in [-0.2, -0.15) is 0 Å². The third kappa shape index (κ3) is 8.55. The summed E-state index contributed by atoms with van der Waals surface area (Å²) in [5, 5.41) is 46.8. The van der Waals surface area contributed by atoms with Crippen LogP contribution >= 0.6 is 0 Å². The molecule has 0 bridgehead atoms. The van der Waals surface area contributed by atoms with Crippen molar-refractivity contribution in [2.24, 2.45) is 0 Å². The average molecular weight is 642 g/mol. The third-order valence-corrected chi connectivity index (χ3v) is 8.35. The highest BCUT2D eigenvalue weighted by molar-refractivity contribution is 6.02. The van der Waals surface area contributed by atoms with E-state index in [1.165, 1.54) is 69.6 Å². The van der Waals surface area contributed by atoms with Gasteiger partial charge in [0.15, 0.2) is 6.21 Å². The molecule has 0 amide bonds. The van der Waals surface area contributed by atoms with Crippen LogP contribution in [-0.4, -0.2) is 75.0 Å². The molecule has 6 N–H and O–H groups in total. The Kier molecular flexibility index (Phi) is 12.7. The van der Waals surface area contributed by atoms with Gasteiger partial charge in [0.25, 0.3) is 0 Å². The van der Waals surface area contributed by atoms with Gasteiger partial charge in [-0.25, -0.2) is 14.2 Å². The van der Waals surface area contributed by atoms with Gasteiger partial charge in [0, 0.05) is 31.5 Å². The summed E-state index contributed by atoms with van der Waals surface area (Å²) in [7, 11) is 0. The number of nitrogens with zero attached hydrogens (tertiary/aromatic N) is 2. The quantitative estimate of drug-likeness (QED) is 0.226. The van der Waals surface area contributed by atoms with E-state index in [1.54, 1.807) is 48.5 Å². The Balaban J connectivity index is 0.000000285. The summed E-state index contributed by atoms with van der Waals surface area (Å²) in [4.78, 5) is 25.5. The monoisotopic (exact) mass is 641 g/mol. The summed E-state index contributed by atoms with van der Waals surface area (Å²) >= 11 is 0. The number of hydrogen-bond donors (Lipinski definition) is 2. The van der Waals surface area contributed by atoms with Crippen molar-refractivity contribution in [1.29, 1.82) is 0 Å². The lowest BCUT2D eigenvalue weighted by molar-refractivity contribution is -0.501. The Morgan fingerprint density at radius 3 is 1.72 bits per heavy atom. The maximum absolute atomic E-state index is 12.9. The number of carboxylic acid groups (broad SMARTS) is 2. The van der Waals surface area contributed by atoms with Crippen LogP contribution in [0, 0.1) is 0 Å². The van der Waals surface area contributed by atoms with Crippen LogP contribution in [0.25, 0.3) is 21.5 Å². The van der Waals surface area contributed by atoms with Crippen LogP contribution in [-0.2, 0) is 6.42 Å². The summed E-state index contributed by atoms with van der Waals surface area (Å²) in [6.45, 7) is 7.13. The van der Waals surface area contributed by atoms with Gasteiger partial charge in [0.1, 0.15) is 13.1 Å². The van der Waals surface area contributed by atoms with E-state index in [9.17, 15) is 30.0 Å². The highest BCUT2D eigenvalue weighted by Crippen LogP contribution is 2.37. The molecule has 2 fully saturated rings. The topological polar surface area (TPSA) is 190 Å². The van der Waals surface area contributed by atoms with Gasteiger partial charge in [-0.1, -0.05) is 66.1 Å². The number of fused-ring (bicyclic) bond motifs is 2. The summed E-state index contributed by atoms with van der Waals surface area (Å²) in [5.74, 6) is -4.07. The first-order chi connectivity index (χ1) is 21.7. The van der Waals surface area contributed by atoms with Gasteiger partial charge in [0.05, 0.1) is 11.1 Å². The Morgan fingerprint density at radius 2 is 1.26 bits per heavy atom. The van der Waals surface area contributed by atoms with Gasteiger partial charge in [-0.15, -0.1) is 0 Å². The molecule has 2 heterocycles. The first-order valence-electron chi connectivity index (χ1n) is 15.3. The number of benzene rings is 4. The zero-order valence-corrected chi connectivity index (χ0v) is 26.4. The molecule has 2 saturated heterocycles. The Hall–Kier alpha value is -5.19. The minimum Gasteiger partial charge on any atom is -0.872 e. The molecule has 0 aromatic heterocycles. The Bertz CT molecular complexity index is 1730. The number of carbonyl (C=O) groups is 2. The molecule has 10 nitrogen and oxygen atoms in total. The molecule has 0 radical (unpaired) electrons. The van der Waals surface area contributed by atoms with Crippen LogP contribution in [0.1, 0.15) is 64.4 Å². The SMILES string of the molecule is C/C(C=[N+]1CCCC1)=C\C=C\N1CCCC1.O.O.O=C(O)c1cc2ccccc2c(Cc2c([O-])c(C(=O)O)cc3ccccc23)c1[O-]. The van der Waals surface area contributed by atoms with Crippen molar-refractivity contribution in [2.75, 3.05) is 26.2 Å². The molecule has 4 aromatic rings. The zero-order valence-electron chi connectivity index (χ0n) is 26.4. The van der Waals surface area contributed by atoms with E-state index in [4.69, 9.17) is 0 Å². The minimum absolute atomic E-state index is 0. The fraction of sp³-hybridized carbons (Fsp3) is 0.270. The molecule has 2 aliphatic rings. The molecule has 0 aliphatic carbocycles. The second-order valence-electron chi connectivity index (χ2n) is 11.6. The number of rotatable bonds is 7. The summed E-state index contributed by atoms with van der Waals surface area (Å²) in [6.07, 6.45) is 14.2. The highest BCUT2D eigenvalue weighted by atomic mass is 16.4. The molecule has 2 aliphatic heterocycles. The number of allylic oxidation sites excluding steroid dienone is 3. The number of aromatic carboxylic acids is 2. The maximum Gasteiger partial charge on any atom is 0.335 e. The zero-order chi connectivity index (χ0) is 31.9. The van der Waals surface area contributed by atoms with Crippen LogP contribution in [0.5, 0.6) is 11.5 Å². The number of likely N-dealkylation sites (tertiary alicyclic amines) is 1. The first kappa shape index (κ1) is 36.3. The van der Waals surface area contributed by atoms with Gasteiger partial charge in [0.2, 0.25) is 0 Å². The fourth-order valence-corrected chi connectivity index (χ4v) is 6.06. The summed E-state index contributed by atoms with van der Waals surface area (Å²) in [5.41, 5.74) is 0.905. The Labute approximate surface area is 273 Å². The van der Waals surface area contributed by atoms with Crippen molar-refractivity contribution < 1.29 is 45.5 Å². The van der Waals surface area contributed by atoms with Crippen molar-refractivity contribution >= 4 is 39.7 Å². The lowest BCUT2D eigenvalue weighted by Crippen LogP contribution is -2.11. The van der Waals surface area contributed by atoms with Gasteiger partial charge in [-0.05, 0) is 83.3 Å². The molecule has 4 aromatic carbocycles. The van der Waals surface area contributed by atoms with E-state index in [-0.39, 0.29) is 39.6 Å². The van der Waals surface area contributed by atoms with E-state index in [2.05, 4.69) is 41.0 Å². The van der Waals surface area contributed by atoms with Gasteiger partial charge < -0.3 is 36.3 Å². The van der Waals surface area contributed by atoms with Crippen LogP contribution in [0.4, 0.5) is 0 Å². The van der Waals surface area contributed by atoms with E-state index in [0.29, 0.717) is 21.5 Å². The molecule has 0 spiro atoms. The van der Waals surface area contributed by atoms with Crippen LogP contribution in [0.3, 0.4) is 0 Å². The molecular weight excluding hydrogens is 600 g/mol. The van der Waals surface area contributed by atoms with Crippen molar-refractivity contribution in [3.63, 3.8) is 0 Å². The standard InChI is InChI=1S/C23H16O6.C14H23N2.2H2O/c24-20-16(14-7-3-1-5-12(14)9-18(20)22(26)27)11-17-15-8-4-2-6-13(15)10-19(21(17)25)23(28)29;1-14(13-16-10-4-5-11-16)7-6-12-15-8-2-3-9-15;;/h1-10,24-25H,11H2,(H,26,27)(H,28,29);6-7,12-13H,2-5,8-11H2,1H3;2*1H2/q;+1;;/p-2. The Morgan fingerprint density at radius 1 is 0.787 bits per heavy atom. The molecule has 0 saturated carbocycles. The minimum atomic E-state index is -1.35. The third-order valence-electron chi connectivity index (χ3n) is 8.35.